The highest BCUT2D eigenvalue weighted by atomic mass is 16.2. The minimum Gasteiger partial charge on any atom is -0.334 e. The topological polar surface area (TPSA) is 41.4 Å². The summed E-state index contributed by atoms with van der Waals surface area (Å²) in [5.41, 5.74) is 1.71. The van der Waals surface area contributed by atoms with E-state index >= 15 is 0 Å². The Balaban J connectivity index is 2.12. The van der Waals surface area contributed by atoms with Crippen LogP contribution in [0.3, 0.4) is 0 Å². The van der Waals surface area contributed by atoms with Gasteiger partial charge in [-0.2, -0.15) is 5.10 Å². The molecule has 1 aliphatic heterocycles. The number of amides is 1. The zero-order valence-electron chi connectivity index (χ0n) is 13.8. The van der Waals surface area contributed by atoms with Gasteiger partial charge in [0, 0.05) is 19.6 Å². The number of hydrogen-bond donors (Lipinski definition) is 0. The smallest absolute Gasteiger partial charge is 0.272 e. The Bertz CT molecular complexity index is 481. The van der Waals surface area contributed by atoms with Crippen LogP contribution in [0, 0.1) is 0 Å². The van der Waals surface area contributed by atoms with Gasteiger partial charge in [0.1, 0.15) is 5.69 Å². The molecule has 118 valence electrons. The Morgan fingerprint density at radius 1 is 1.43 bits per heavy atom. The third-order valence-electron chi connectivity index (χ3n) is 4.31. The number of nitrogens with zero attached hydrogens (tertiary/aromatic N) is 4. The maximum atomic E-state index is 12.9. The van der Waals surface area contributed by atoms with E-state index in [1.54, 1.807) is 4.68 Å². The van der Waals surface area contributed by atoms with Gasteiger partial charge in [0.2, 0.25) is 0 Å². The molecule has 0 aliphatic carbocycles. The molecule has 1 amide bonds. The first-order valence-corrected chi connectivity index (χ1v) is 8.01. The average molecular weight is 292 g/mol. The van der Waals surface area contributed by atoms with Crippen LogP contribution in [-0.4, -0.2) is 58.7 Å². The summed E-state index contributed by atoms with van der Waals surface area (Å²) in [4.78, 5) is 17.1. The molecule has 0 spiro atoms. The lowest BCUT2D eigenvalue weighted by molar-refractivity contribution is 0.0580. The first-order valence-electron chi connectivity index (χ1n) is 8.01. The molecule has 5 heteroatoms. The molecule has 1 saturated heterocycles. The third kappa shape index (κ3) is 3.84. The Morgan fingerprint density at radius 2 is 2.19 bits per heavy atom. The molecular formula is C16H28N4O. The predicted octanol–water partition coefficient (Wildman–Crippen LogP) is 1.93. The Hall–Kier alpha value is -1.36. The number of carbonyl (C=O) groups excluding carboxylic acids is 1. The zero-order chi connectivity index (χ0) is 15.4. The van der Waals surface area contributed by atoms with E-state index in [-0.39, 0.29) is 5.91 Å². The van der Waals surface area contributed by atoms with E-state index in [9.17, 15) is 4.79 Å². The van der Waals surface area contributed by atoms with E-state index < -0.39 is 0 Å². The van der Waals surface area contributed by atoms with E-state index in [4.69, 9.17) is 0 Å². The quantitative estimate of drug-likeness (QED) is 0.832. The molecule has 1 aromatic heterocycles. The Morgan fingerprint density at radius 3 is 2.81 bits per heavy atom. The molecule has 2 heterocycles. The van der Waals surface area contributed by atoms with Crippen LogP contribution in [0.4, 0.5) is 0 Å². The summed E-state index contributed by atoms with van der Waals surface area (Å²) in [5, 5.41) is 4.41. The van der Waals surface area contributed by atoms with Gasteiger partial charge in [-0.25, -0.2) is 0 Å². The summed E-state index contributed by atoms with van der Waals surface area (Å²) in [5.74, 6) is 0.146. The SMILES string of the molecule is CCc1cc(C(=O)N2CCCC[C@H]2CCN(C)C)n(C)n1. The third-order valence-corrected chi connectivity index (χ3v) is 4.31. The molecule has 1 atom stereocenters. The van der Waals surface area contributed by atoms with Crippen LogP contribution in [-0.2, 0) is 13.5 Å². The zero-order valence-corrected chi connectivity index (χ0v) is 13.8. The van der Waals surface area contributed by atoms with Crippen molar-refractivity contribution in [3.63, 3.8) is 0 Å². The molecule has 2 rings (SSSR count). The average Bonchev–Trinajstić information content (AvgIpc) is 2.86. The Kier molecular flexibility index (Phi) is 5.39. The lowest BCUT2D eigenvalue weighted by Gasteiger charge is -2.36. The summed E-state index contributed by atoms with van der Waals surface area (Å²) in [6, 6.07) is 2.31. The van der Waals surface area contributed by atoms with Gasteiger partial charge in [-0.05, 0) is 58.8 Å². The first kappa shape index (κ1) is 16.0. The lowest BCUT2D eigenvalue weighted by Crippen LogP contribution is -2.45. The molecule has 1 fully saturated rings. The standard InChI is InChI=1S/C16H28N4O/c1-5-13-12-15(19(4)17-13)16(21)20-10-7-6-8-14(20)9-11-18(2)3/h12,14H,5-11H2,1-4H3/t14-/m0/s1. The van der Waals surface area contributed by atoms with Crippen molar-refractivity contribution < 1.29 is 4.79 Å². The lowest BCUT2D eigenvalue weighted by atomic mass is 9.98. The maximum Gasteiger partial charge on any atom is 0.272 e. The van der Waals surface area contributed by atoms with E-state index in [1.807, 2.05) is 13.1 Å². The highest BCUT2D eigenvalue weighted by Crippen LogP contribution is 2.22. The van der Waals surface area contributed by atoms with Crippen LogP contribution >= 0.6 is 0 Å². The van der Waals surface area contributed by atoms with Crippen molar-refractivity contribution in [2.24, 2.45) is 7.05 Å². The number of likely N-dealkylation sites (tertiary alicyclic amines) is 1. The summed E-state index contributed by atoms with van der Waals surface area (Å²) < 4.78 is 1.73. The summed E-state index contributed by atoms with van der Waals surface area (Å²) in [6.45, 7) is 3.97. The second kappa shape index (κ2) is 7.07. The predicted molar refractivity (Wildman–Crippen MR) is 84.4 cm³/mol. The minimum atomic E-state index is 0.146. The van der Waals surface area contributed by atoms with E-state index in [0.29, 0.717) is 6.04 Å². The molecule has 0 unspecified atom stereocenters. The fourth-order valence-corrected chi connectivity index (χ4v) is 3.02. The first-order chi connectivity index (χ1) is 10.0. The second-order valence-corrected chi connectivity index (χ2v) is 6.24. The molecule has 0 aromatic carbocycles. The normalized spacial score (nSPS) is 19.3. The molecule has 0 bridgehead atoms. The van der Waals surface area contributed by atoms with Crippen LogP contribution in [0.5, 0.6) is 0 Å². The van der Waals surface area contributed by atoms with Crippen LogP contribution in [0.1, 0.15) is 48.8 Å². The molecule has 21 heavy (non-hydrogen) atoms. The summed E-state index contributed by atoms with van der Waals surface area (Å²) in [6.07, 6.45) is 5.39. The van der Waals surface area contributed by atoms with E-state index in [2.05, 4.69) is 35.9 Å². The van der Waals surface area contributed by atoms with Crippen LogP contribution in [0.15, 0.2) is 6.07 Å². The van der Waals surface area contributed by atoms with Crippen molar-refractivity contribution >= 4 is 5.91 Å². The summed E-state index contributed by atoms with van der Waals surface area (Å²) >= 11 is 0. The monoisotopic (exact) mass is 292 g/mol. The number of carbonyl (C=O) groups is 1. The van der Waals surface area contributed by atoms with Crippen molar-refractivity contribution in [2.45, 2.75) is 45.1 Å². The van der Waals surface area contributed by atoms with Crippen LogP contribution < -0.4 is 0 Å². The second-order valence-electron chi connectivity index (χ2n) is 6.24. The van der Waals surface area contributed by atoms with Gasteiger partial charge in [-0.3, -0.25) is 9.48 Å². The molecule has 0 saturated carbocycles. The van der Waals surface area contributed by atoms with Crippen molar-refractivity contribution in [1.82, 2.24) is 19.6 Å². The minimum absolute atomic E-state index is 0.146. The Labute approximate surface area is 127 Å². The van der Waals surface area contributed by atoms with Gasteiger partial charge in [-0.15, -0.1) is 0 Å². The van der Waals surface area contributed by atoms with Gasteiger partial charge in [0.05, 0.1) is 5.69 Å². The van der Waals surface area contributed by atoms with Crippen molar-refractivity contribution in [2.75, 3.05) is 27.2 Å². The number of aryl methyl sites for hydroxylation is 2. The van der Waals surface area contributed by atoms with Crippen LogP contribution in [0.25, 0.3) is 0 Å². The van der Waals surface area contributed by atoms with Gasteiger partial charge in [-0.1, -0.05) is 6.92 Å². The van der Waals surface area contributed by atoms with E-state index in [0.717, 1.165) is 50.2 Å². The van der Waals surface area contributed by atoms with Crippen LogP contribution in [0.2, 0.25) is 0 Å². The molecule has 1 aliphatic rings. The largest absolute Gasteiger partial charge is 0.334 e. The fourth-order valence-electron chi connectivity index (χ4n) is 3.02. The molecule has 0 radical (unpaired) electrons. The van der Waals surface area contributed by atoms with Gasteiger partial charge in [0.25, 0.3) is 5.91 Å². The molecule has 0 N–H and O–H groups in total. The van der Waals surface area contributed by atoms with E-state index in [1.165, 1.54) is 6.42 Å². The highest BCUT2D eigenvalue weighted by molar-refractivity contribution is 5.93. The number of piperidine rings is 1. The highest BCUT2D eigenvalue weighted by Gasteiger charge is 2.29. The van der Waals surface area contributed by atoms with Crippen molar-refractivity contribution in [3.8, 4) is 0 Å². The van der Waals surface area contributed by atoms with Gasteiger partial charge in [0.15, 0.2) is 0 Å². The molecular weight excluding hydrogens is 264 g/mol. The van der Waals surface area contributed by atoms with Crippen molar-refractivity contribution in [1.29, 1.82) is 0 Å². The van der Waals surface area contributed by atoms with Gasteiger partial charge >= 0.3 is 0 Å². The summed E-state index contributed by atoms with van der Waals surface area (Å²) in [7, 11) is 6.04. The number of aromatic nitrogens is 2. The number of rotatable bonds is 5. The maximum absolute atomic E-state index is 12.9. The molecule has 5 nitrogen and oxygen atoms in total. The van der Waals surface area contributed by atoms with Gasteiger partial charge < -0.3 is 9.80 Å². The fraction of sp³-hybridized carbons (Fsp3) is 0.750. The molecule has 1 aromatic rings. The number of hydrogen-bond acceptors (Lipinski definition) is 3. The van der Waals surface area contributed by atoms with Crippen molar-refractivity contribution in [3.05, 3.63) is 17.5 Å².